The van der Waals surface area contributed by atoms with Crippen molar-refractivity contribution in [1.82, 2.24) is 0 Å². The minimum absolute atomic E-state index is 0.221. The molecule has 1 heterocycles. The van der Waals surface area contributed by atoms with Gasteiger partial charge in [0.1, 0.15) is 0 Å². The van der Waals surface area contributed by atoms with Crippen molar-refractivity contribution in [1.29, 1.82) is 0 Å². The number of Topliss-reactive ketones (excluding diaryl/α,β-unsaturated/α-hetero) is 1. The third-order valence-corrected chi connectivity index (χ3v) is 4.24. The van der Waals surface area contributed by atoms with E-state index in [2.05, 4.69) is 25.1 Å². The summed E-state index contributed by atoms with van der Waals surface area (Å²) in [5, 5.41) is 0. The maximum Gasteiger partial charge on any atom is 0.163 e. The van der Waals surface area contributed by atoms with Crippen molar-refractivity contribution in [2.24, 2.45) is 0 Å². The normalized spacial score (nSPS) is 14.7. The van der Waals surface area contributed by atoms with Crippen LogP contribution in [0, 0.1) is 0 Å². The lowest BCUT2D eigenvalue weighted by Gasteiger charge is -2.15. The molecule has 0 unspecified atom stereocenters. The predicted molar refractivity (Wildman–Crippen MR) is 83.4 cm³/mol. The monoisotopic (exact) mass is 280 g/mol. The highest BCUT2D eigenvalue weighted by Crippen LogP contribution is 2.29. The van der Waals surface area contributed by atoms with Gasteiger partial charge in [0.2, 0.25) is 0 Å². The summed E-state index contributed by atoms with van der Waals surface area (Å²) < 4.78 is 5.47. The van der Waals surface area contributed by atoms with Gasteiger partial charge in [-0.25, -0.2) is 0 Å². The maximum absolute atomic E-state index is 12.4. The van der Waals surface area contributed by atoms with Crippen LogP contribution in [0.1, 0.15) is 52.7 Å². The van der Waals surface area contributed by atoms with Gasteiger partial charge >= 0.3 is 0 Å². The maximum atomic E-state index is 12.4. The Balaban J connectivity index is 1.78. The van der Waals surface area contributed by atoms with Crippen LogP contribution in [0.5, 0.6) is 0 Å². The molecule has 0 saturated heterocycles. The van der Waals surface area contributed by atoms with Crippen LogP contribution in [-0.4, -0.2) is 5.78 Å². The summed E-state index contributed by atoms with van der Waals surface area (Å²) in [6.07, 6.45) is 1.54. The molecule has 0 aliphatic carbocycles. The lowest BCUT2D eigenvalue weighted by molar-refractivity contribution is 0.0973. The summed E-state index contributed by atoms with van der Waals surface area (Å²) >= 11 is 0. The molecule has 1 atom stereocenters. The van der Waals surface area contributed by atoms with Crippen molar-refractivity contribution in [2.45, 2.75) is 38.9 Å². The molecule has 1 aliphatic heterocycles. The van der Waals surface area contributed by atoms with Gasteiger partial charge in [0, 0.05) is 12.0 Å². The Morgan fingerprint density at radius 2 is 1.86 bits per heavy atom. The first-order valence-corrected chi connectivity index (χ1v) is 7.55. The molecule has 3 rings (SSSR count). The Morgan fingerprint density at radius 3 is 2.62 bits per heavy atom. The number of carbonyl (C=O) groups excluding carboxylic acids is 1. The number of benzene rings is 2. The Morgan fingerprint density at radius 1 is 1.10 bits per heavy atom. The van der Waals surface area contributed by atoms with Crippen molar-refractivity contribution < 1.29 is 9.53 Å². The van der Waals surface area contributed by atoms with E-state index in [0.29, 0.717) is 13.0 Å². The fourth-order valence-electron chi connectivity index (χ4n) is 2.91. The number of ether oxygens (including phenoxy) is 1. The summed E-state index contributed by atoms with van der Waals surface area (Å²) in [7, 11) is 0. The zero-order valence-electron chi connectivity index (χ0n) is 12.3. The average molecular weight is 280 g/mol. The summed E-state index contributed by atoms with van der Waals surface area (Å²) in [5.74, 6) is 0.503. The zero-order valence-corrected chi connectivity index (χ0v) is 12.3. The molecule has 2 aromatic rings. The molecule has 108 valence electrons. The first-order chi connectivity index (χ1) is 10.3. The van der Waals surface area contributed by atoms with Crippen LogP contribution in [0.15, 0.2) is 48.5 Å². The largest absolute Gasteiger partial charge is 0.372 e. The van der Waals surface area contributed by atoms with E-state index in [9.17, 15) is 4.79 Å². The molecule has 21 heavy (non-hydrogen) atoms. The molecule has 0 N–H and O–H groups in total. The molecular weight excluding hydrogens is 260 g/mol. The number of rotatable bonds is 5. The van der Waals surface area contributed by atoms with Crippen LogP contribution in [0.3, 0.4) is 0 Å². The highest BCUT2D eigenvalue weighted by Gasteiger charge is 2.18. The molecule has 2 heteroatoms. The van der Waals surface area contributed by atoms with Gasteiger partial charge in [-0.05, 0) is 29.0 Å². The van der Waals surface area contributed by atoms with Gasteiger partial charge in [-0.2, -0.15) is 0 Å². The molecule has 0 radical (unpaired) electrons. The molecule has 2 nitrogen and oxygen atoms in total. The van der Waals surface area contributed by atoms with E-state index < -0.39 is 0 Å². The van der Waals surface area contributed by atoms with Crippen molar-refractivity contribution in [3.05, 3.63) is 70.8 Å². The second kappa shape index (κ2) is 6.23. The van der Waals surface area contributed by atoms with E-state index in [0.717, 1.165) is 18.6 Å². The Labute approximate surface area is 125 Å². The van der Waals surface area contributed by atoms with Gasteiger partial charge in [0.05, 0.1) is 13.2 Å². The number of hydrogen-bond donors (Lipinski definition) is 0. The number of carbonyl (C=O) groups is 1. The standard InChI is InChI=1S/C19H20O2/c1-2-14(11-19(20)15-6-4-3-5-7-15)16-8-9-17-12-21-13-18(17)10-16/h3-10,14H,2,11-13H2,1H3/t14-/m1/s1. The number of fused-ring (bicyclic) bond motifs is 1. The van der Waals surface area contributed by atoms with Crippen LogP contribution >= 0.6 is 0 Å². The lowest BCUT2D eigenvalue weighted by atomic mass is 9.88. The van der Waals surface area contributed by atoms with Crippen molar-refractivity contribution >= 4 is 5.78 Å². The molecule has 0 aromatic heterocycles. The van der Waals surface area contributed by atoms with Crippen molar-refractivity contribution in [3.8, 4) is 0 Å². The summed E-state index contributed by atoms with van der Waals surface area (Å²) in [5.41, 5.74) is 4.62. The second-order valence-electron chi connectivity index (χ2n) is 5.62. The van der Waals surface area contributed by atoms with Crippen LogP contribution in [-0.2, 0) is 18.0 Å². The van der Waals surface area contributed by atoms with Crippen LogP contribution in [0.25, 0.3) is 0 Å². The van der Waals surface area contributed by atoms with Crippen molar-refractivity contribution in [2.75, 3.05) is 0 Å². The molecule has 1 aliphatic rings. The SMILES string of the molecule is CC[C@H](CC(=O)c1ccccc1)c1ccc2c(c1)COC2. The smallest absolute Gasteiger partial charge is 0.163 e. The van der Waals surface area contributed by atoms with E-state index in [1.165, 1.54) is 16.7 Å². The van der Waals surface area contributed by atoms with Crippen LogP contribution in [0.2, 0.25) is 0 Å². The number of hydrogen-bond acceptors (Lipinski definition) is 2. The molecule has 0 saturated carbocycles. The molecule has 0 spiro atoms. The summed E-state index contributed by atoms with van der Waals surface area (Å²) in [4.78, 5) is 12.4. The Hall–Kier alpha value is -1.93. The predicted octanol–water partition coefficient (Wildman–Crippen LogP) is 4.48. The first kappa shape index (κ1) is 14.0. The first-order valence-electron chi connectivity index (χ1n) is 7.55. The zero-order chi connectivity index (χ0) is 14.7. The molecule has 0 fully saturated rings. The van der Waals surface area contributed by atoms with E-state index in [4.69, 9.17) is 4.74 Å². The lowest BCUT2D eigenvalue weighted by Crippen LogP contribution is -2.07. The second-order valence-corrected chi connectivity index (χ2v) is 5.62. The highest BCUT2D eigenvalue weighted by atomic mass is 16.5. The van der Waals surface area contributed by atoms with Crippen LogP contribution < -0.4 is 0 Å². The Bertz CT molecular complexity index is 631. The highest BCUT2D eigenvalue weighted by molar-refractivity contribution is 5.96. The minimum atomic E-state index is 0.221. The molecular formula is C19H20O2. The summed E-state index contributed by atoms with van der Waals surface area (Å²) in [6, 6.07) is 16.1. The van der Waals surface area contributed by atoms with E-state index in [-0.39, 0.29) is 11.7 Å². The molecule has 0 bridgehead atoms. The summed E-state index contributed by atoms with van der Waals surface area (Å²) in [6.45, 7) is 3.56. The van der Waals surface area contributed by atoms with Crippen molar-refractivity contribution in [3.63, 3.8) is 0 Å². The Kier molecular flexibility index (Phi) is 4.16. The number of ketones is 1. The van der Waals surface area contributed by atoms with Gasteiger partial charge in [0.25, 0.3) is 0 Å². The third-order valence-electron chi connectivity index (χ3n) is 4.24. The van der Waals surface area contributed by atoms with E-state index in [1.807, 2.05) is 30.3 Å². The fraction of sp³-hybridized carbons (Fsp3) is 0.316. The quantitative estimate of drug-likeness (QED) is 0.755. The van der Waals surface area contributed by atoms with E-state index >= 15 is 0 Å². The van der Waals surface area contributed by atoms with Gasteiger partial charge in [-0.3, -0.25) is 4.79 Å². The van der Waals surface area contributed by atoms with Gasteiger partial charge in [0.15, 0.2) is 5.78 Å². The van der Waals surface area contributed by atoms with Crippen LogP contribution in [0.4, 0.5) is 0 Å². The molecule has 0 amide bonds. The van der Waals surface area contributed by atoms with Gasteiger partial charge in [-0.15, -0.1) is 0 Å². The third kappa shape index (κ3) is 3.06. The van der Waals surface area contributed by atoms with Gasteiger partial charge in [-0.1, -0.05) is 55.5 Å². The molecule has 2 aromatic carbocycles. The average Bonchev–Trinajstić information content (AvgIpc) is 3.00. The van der Waals surface area contributed by atoms with E-state index in [1.54, 1.807) is 0 Å². The topological polar surface area (TPSA) is 26.3 Å². The fourth-order valence-corrected chi connectivity index (χ4v) is 2.91. The minimum Gasteiger partial charge on any atom is -0.372 e. The van der Waals surface area contributed by atoms with Gasteiger partial charge < -0.3 is 4.74 Å².